The molecule has 4 aliphatic rings. The maximum absolute atomic E-state index is 13.8. The number of nitrogens with zero attached hydrogens (tertiary/aromatic N) is 4. The number of fused-ring (bicyclic) bond motifs is 4. The quantitative estimate of drug-likeness (QED) is 0.0116. The van der Waals surface area contributed by atoms with Crippen molar-refractivity contribution in [2.45, 2.75) is 75.7 Å². The Balaban J connectivity index is 0.000000280. The summed E-state index contributed by atoms with van der Waals surface area (Å²) in [5.74, 6) is -14.4. The standard InChI is InChI=1S/2C32H30N4O13S.2Na/c2*1-3-35-10-19(27(42)18-8-21(38)22(39)9-20(18)35)28(43)33-24(15-4-6-17(7-5-15)49-12-23(40)41)29(44)34-25-30(45)36-26(32(46)47)16(11-48-14(2)37)13-50-31(25)36;;/h2*4-10,24-25,31,38-39H,3,11-13H2,1-2H3,(H,33,43)(H,34,44)(H,40,41)(H,46,47);;/q;;2*+1/p-2/t2*24?,25-,31-;;/m11../s1. The van der Waals surface area contributed by atoms with Gasteiger partial charge < -0.3 is 99.8 Å². The number of esters is 2. The number of thioether (sulfide) groups is 2. The van der Waals surface area contributed by atoms with Gasteiger partial charge in [-0.15, -0.1) is 23.5 Å². The number of carbonyl (C=O) groups excluding carboxylic acids is 10. The number of ether oxygens (including phenoxy) is 4. The van der Waals surface area contributed by atoms with Crippen LogP contribution in [0.3, 0.4) is 0 Å². The van der Waals surface area contributed by atoms with E-state index >= 15 is 0 Å². The van der Waals surface area contributed by atoms with Crippen molar-refractivity contribution in [1.82, 2.24) is 40.2 Å². The molecule has 4 aliphatic heterocycles. The van der Waals surface area contributed by atoms with Gasteiger partial charge >= 0.3 is 83.0 Å². The first kappa shape index (κ1) is 79.2. The molecule has 2 saturated heterocycles. The second kappa shape index (κ2) is 33.6. The zero-order valence-electron chi connectivity index (χ0n) is 54.7. The number of β-lactam (4-membered cyclic amide) rings is 2. The van der Waals surface area contributed by atoms with Crippen LogP contribution in [0.4, 0.5) is 0 Å². The number of aryl methyl sites for hydroxylation is 2. The number of nitrogens with one attached hydrogen (secondary N) is 4. The maximum atomic E-state index is 13.8. The van der Waals surface area contributed by atoms with Gasteiger partial charge in [0.1, 0.15) is 70.8 Å². The van der Waals surface area contributed by atoms with E-state index in [9.17, 15) is 97.8 Å². The maximum Gasteiger partial charge on any atom is 1.00 e. The molecule has 524 valence electrons. The summed E-state index contributed by atoms with van der Waals surface area (Å²) >= 11 is 2.20. The van der Waals surface area contributed by atoms with Crippen molar-refractivity contribution in [1.29, 1.82) is 0 Å². The van der Waals surface area contributed by atoms with Crippen LogP contribution in [0.5, 0.6) is 34.5 Å². The van der Waals surface area contributed by atoms with E-state index in [4.69, 9.17) is 29.2 Å². The van der Waals surface area contributed by atoms with Crippen molar-refractivity contribution in [3.63, 3.8) is 0 Å². The van der Waals surface area contributed by atoms with Gasteiger partial charge in [0.25, 0.3) is 23.6 Å². The van der Waals surface area contributed by atoms with E-state index in [1.54, 1.807) is 13.8 Å². The number of benzene rings is 4. The molecule has 38 heteroatoms. The molecule has 0 spiro atoms. The Morgan fingerprint density at radius 1 is 0.539 bits per heavy atom. The zero-order chi connectivity index (χ0) is 72.9. The number of phenols is 4. The zero-order valence-corrected chi connectivity index (χ0v) is 60.3. The number of carbonyl (C=O) groups is 12. The molecule has 0 bridgehead atoms. The van der Waals surface area contributed by atoms with E-state index in [1.165, 1.54) is 82.2 Å². The number of aliphatic carboxylic acids is 4. The van der Waals surface area contributed by atoms with Crippen LogP contribution in [0.1, 0.15) is 71.6 Å². The Morgan fingerprint density at radius 3 is 1.18 bits per heavy atom. The van der Waals surface area contributed by atoms with E-state index in [-0.39, 0.29) is 153 Å². The summed E-state index contributed by atoms with van der Waals surface area (Å²) in [6.45, 7) is 4.13. The molecule has 0 aliphatic carbocycles. The minimum atomic E-state index is -1.68. The van der Waals surface area contributed by atoms with Gasteiger partial charge in [0, 0.05) is 74.1 Å². The SMILES string of the molecule is CCn1cc(C(=O)NC(C(=O)N[C@@H]2C(=O)N3C(C(=O)[O-])=C(COC(C)=O)CS[C@H]23)c2ccc(OCC(=O)O)cc2)c(=O)c2cc(O)c(O)cc21.CCn1cc(C(=O)NC(C(=O)N[C@@H]2C(=O)N3C(C(=O)[O-])=C(COC(C)=O)CS[C@H]23)c2ccc(OCC(=O)O)cc2)c(=O)c2cc(O)c(O)cc21.[Na+].[Na+]. The summed E-state index contributed by atoms with van der Waals surface area (Å²) in [5.41, 5.74) is -2.42. The molecule has 0 saturated carbocycles. The van der Waals surface area contributed by atoms with E-state index in [0.717, 1.165) is 59.3 Å². The first-order valence-electron chi connectivity index (χ1n) is 29.8. The minimum Gasteiger partial charge on any atom is -0.543 e. The number of hydrogen-bond acceptors (Lipinski definition) is 26. The molecular formula is C64H58N8Na2O26S2. The molecular weight excluding hydrogens is 1410 g/mol. The van der Waals surface area contributed by atoms with Crippen molar-refractivity contribution < 1.29 is 176 Å². The van der Waals surface area contributed by atoms with Crippen molar-refractivity contribution >= 4 is 117 Å². The average molecular weight is 1470 g/mol. The van der Waals surface area contributed by atoms with Gasteiger partial charge in [-0.3, -0.25) is 57.7 Å². The second-order valence-electron chi connectivity index (χ2n) is 22.2. The second-order valence-corrected chi connectivity index (χ2v) is 24.4. The predicted octanol–water partition coefficient (Wildman–Crippen LogP) is -7.32. The van der Waals surface area contributed by atoms with Crippen molar-refractivity contribution in [2.24, 2.45) is 0 Å². The third kappa shape index (κ3) is 17.1. The van der Waals surface area contributed by atoms with Crippen LogP contribution in [-0.2, 0) is 70.5 Å². The molecule has 0 radical (unpaired) electrons. The molecule has 4 aromatic carbocycles. The molecule has 10 N–H and O–H groups in total. The number of pyridine rings is 2. The summed E-state index contributed by atoms with van der Waals surface area (Å²) in [6, 6.07) is 9.56. The van der Waals surface area contributed by atoms with E-state index in [1.807, 2.05) is 0 Å². The Kier molecular flexibility index (Phi) is 26.1. The first-order chi connectivity index (χ1) is 47.4. The van der Waals surface area contributed by atoms with E-state index < -0.39 is 176 Å². The third-order valence-electron chi connectivity index (χ3n) is 15.7. The fourth-order valence-electron chi connectivity index (χ4n) is 10.9. The van der Waals surface area contributed by atoms with Gasteiger partial charge in [0.05, 0.1) is 45.1 Å². The van der Waals surface area contributed by atoms with Crippen LogP contribution in [-0.4, -0.2) is 182 Å². The summed E-state index contributed by atoms with van der Waals surface area (Å²) in [7, 11) is 0. The van der Waals surface area contributed by atoms with Gasteiger partial charge in [0.2, 0.25) is 22.7 Å². The van der Waals surface area contributed by atoms with Crippen LogP contribution in [0.2, 0.25) is 0 Å². The van der Waals surface area contributed by atoms with Crippen LogP contribution >= 0.6 is 23.5 Å². The molecule has 6 atom stereocenters. The van der Waals surface area contributed by atoms with Crippen LogP contribution in [0.25, 0.3) is 21.8 Å². The number of phenolic OH excluding ortho intramolecular Hbond substituents is 4. The number of aromatic hydroxyl groups is 4. The van der Waals surface area contributed by atoms with E-state index in [2.05, 4.69) is 21.3 Å². The summed E-state index contributed by atoms with van der Waals surface area (Å²) in [5, 5.41) is 89.9. The number of carboxylic acid groups (broad SMARTS) is 4. The van der Waals surface area contributed by atoms with E-state index in [0.29, 0.717) is 0 Å². The Morgan fingerprint density at radius 2 is 0.873 bits per heavy atom. The Bertz CT molecular complexity index is 4350. The minimum absolute atomic E-state index is 0. The van der Waals surface area contributed by atoms with Gasteiger partial charge in [-0.1, -0.05) is 24.3 Å². The molecule has 10 rings (SSSR count). The largest absolute Gasteiger partial charge is 1.00 e. The van der Waals surface area contributed by atoms with Gasteiger partial charge in [-0.25, -0.2) is 9.59 Å². The fourth-order valence-corrected chi connectivity index (χ4v) is 13.6. The fraction of sp³-hybridized carbons (Fsp3) is 0.281. The predicted molar refractivity (Wildman–Crippen MR) is 341 cm³/mol. The third-order valence-corrected chi connectivity index (χ3v) is 18.4. The van der Waals surface area contributed by atoms with Gasteiger partial charge in [0.15, 0.2) is 36.2 Å². The monoisotopic (exact) mass is 1460 g/mol. The number of amides is 6. The normalized spacial score (nSPS) is 17.0. The topological polar surface area (TPSA) is 508 Å². The molecule has 6 aromatic rings. The van der Waals surface area contributed by atoms with Crippen LogP contribution < -0.4 is 111 Å². The van der Waals surface area contributed by atoms with Gasteiger partial charge in [-0.05, 0) is 61.4 Å². The summed E-state index contributed by atoms with van der Waals surface area (Å²) in [4.78, 5) is 179. The first-order valence-corrected chi connectivity index (χ1v) is 31.9. The number of hydrogen-bond donors (Lipinski definition) is 10. The van der Waals surface area contributed by atoms with Gasteiger partial charge in [-0.2, -0.15) is 0 Å². The van der Waals surface area contributed by atoms with Crippen molar-refractivity contribution in [3.05, 3.63) is 150 Å². The molecule has 6 amide bonds. The molecule has 2 aromatic heterocycles. The molecule has 2 unspecified atom stereocenters. The molecule has 34 nitrogen and oxygen atoms in total. The Hall–Kier alpha value is -10.1. The number of carboxylic acids is 4. The summed E-state index contributed by atoms with van der Waals surface area (Å²) < 4.78 is 23.1. The molecule has 2 fully saturated rings. The number of rotatable bonds is 24. The average Bonchev–Trinajstić information content (AvgIpc) is 0.743. The van der Waals surface area contributed by atoms with Crippen molar-refractivity contribution in [2.75, 3.05) is 37.9 Å². The Labute approximate surface area is 627 Å². The van der Waals surface area contributed by atoms with Crippen LogP contribution in [0.15, 0.2) is 117 Å². The van der Waals surface area contributed by atoms with Crippen molar-refractivity contribution in [3.8, 4) is 34.5 Å². The molecule has 102 heavy (non-hydrogen) atoms. The molecule has 6 heterocycles. The summed E-state index contributed by atoms with van der Waals surface area (Å²) in [6.07, 6.45) is 2.45. The van der Waals surface area contributed by atoms with Crippen LogP contribution in [0, 0.1) is 0 Å². The number of aromatic nitrogens is 2. The smallest absolute Gasteiger partial charge is 0.543 e.